The van der Waals surface area contributed by atoms with Crippen LogP contribution in [0.15, 0.2) is 0 Å². The Balaban J connectivity index is 1.74. The van der Waals surface area contributed by atoms with Gasteiger partial charge in [-0.05, 0) is 83.8 Å². The summed E-state index contributed by atoms with van der Waals surface area (Å²) < 4.78 is 0. The fourth-order valence-corrected chi connectivity index (χ4v) is 3.63. The zero-order chi connectivity index (χ0) is 14.0. The van der Waals surface area contributed by atoms with E-state index >= 15 is 0 Å². The summed E-state index contributed by atoms with van der Waals surface area (Å²) in [6.07, 6.45) is 5.71. The number of nitrogens with one attached hydrogen (secondary N) is 1. The Hall–Kier alpha value is -0.0800. The lowest BCUT2D eigenvalue weighted by molar-refractivity contribution is 0.0258. The molecule has 2 atom stereocenters. The predicted molar refractivity (Wildman–Crippen MR) is 83.4 cm³/mol. The van der Waals surface area contributed by atoms with Crippen LogP contribution in [0.1, 0.15) is 60.3 Å². The molecule has 0 radical (unpaired) electrons. The quantitative estimate of drug-likeness (QED) is 0.837. The second kappa shape index (κ2) is 6.13. The van der Waals surface area contributed by atoms with E-state index < -0.39 is 0 Å². The Morgan fingerprint density at radius 2 is 1.68 bits per heavy atom. The SMILES string of the molecule is CC(C)C1CCN(C2CCC2CNC(C)(C)C)CC1. The molecular weight excluding hydrogens is 232 g/mol. The van der Waals surface area contributed by atoms with Crippen molar-refractivity contribution in [2.24, 2.45) is 17.8 Å². The summed E-state index contributed by atoms with van der Waals surface area (Å²) in [5.74, 6) is 2.75. The molecule has 0 bridgehead atoms. The molecule has 1 N–H and O–H groups in total. The van der Waals surface area contributed by atoms with E-state index in [0.29, 0.717) is 0 Å². The van der Waals surface area contributed by atoms with Crippen molar-refractivity contribution in [3.63, 3.8) is 0 Å². The summed E-state index contributed by atoms with van der Waals surface area (Å²) >= 11 is 0. The third-order valence-electron chi connectivity index (χ3n) is 5.26. The zero-order valence-corrected chi connectivity index (χ0v) is 13.7. The van der Waals surface area contributed by atoms with Gasteiger partial charge in [0, 0.05) is 11.6 Å². The van der Waals surface area contributed by atoms with Gasteiger partial charge in [-0.15, -0.1) is 0 Å². The lowest BCUT2D eigenvalue weighted by atomic mass is 9.76. The second-order valence-electron chi connectivity index (χ2n) is 8.15. The van der Waals surface area contributed by atoms with E-state index in [-0.39, 0.29) is 5.54 Å². The highest BCUT2D eigenvalue weighted by Crippen LogP contribution is 2.35. The van der Waals surface area contributed by atoms with Crippen LogP contribution in [0.4, 0.5) is 0 Å². The summed E-state index contributed by atoms with van der Waals surface area (Å²) in [5, 5.41) is 3.69. The number of hydrogen-bond donors (Lipinski definition) is 1. The smallest absolute Gasteiger partial charge is 0.0136 e. The fourth-order valence-electron chi connectivity index (χ4n) is 3.63. The van der Waals surface area contributed by atoms with Gasteiger partial charge in [0.2, 0.25) is 0 Å². The summed E-state index contributed by atoms with van der Waals surface area (Å²) in [6, 6.07) is 0.878. The Morgan fingerprint density at radius 1 is 1.05 bits per heavy atom. The van der Waals surface area contributed by atoms with Gasteiger partial charge in [-0.1, -0.05) is 13.8 Å². The van der Waals surface area contributed by atoms with E-state index in [1.165, 1.54) is 45.3 Å². The number of likely N-dealkylation sites (tertiary alicyclic amines) is 1. The maximum Gasteiger partial charge on any atom is 0.0136 e. The fraction of sp³-hybridized carbons (Fsp3) is 1.00. The van der Waals surface area contributed by atoms with Crippen LogP contribution < -0.4 is 5.32 Å². The molecule has 0 aromatic carbocycles. The molecule has 0 aromatic rings. The average molecular weight is 266 g/mol. The van der Waals surface area contributed by atoms with Crippen LogP contribution in [-0.2, 0) is 0 Å². The Bertz CT molecular complexity index is 271. The van der Waals surface area contributed by atoms with E-state index in [1.54, 1.807) is 0 Å². The molecule has 0 aromatic heterocycles. The van der Waals surface area contributed by atoms with E-state index in [9.17, 15) is 0 Å². The largest absolute Gasteiger partial charge is 0.312 e. The lowest BCUT2D eigenvalue weighted by Crippen LogP contribution is -2.54. The Labute approximate surface area is 120 Å². The summed E-state index contributed by atoms with van der Waals surface area (Å²) in [6.45, 7) is 15.5. The number of piperidine rings is 1. The van der Waals surface area contributed by atoms with Gasteiger partial charge >= 0.3 is 0 Å². The highest BCUT2D eigenvalue weighted by Gasteiger charge is 2.37. The molecule has 1 aliphatic carbocycles. The van der Waals surface area contributed by atoms with Gasteiger partial charge in [0.15, 0.2) is 0 Å². The van der Waals surface area contributed by atoms with E-state index in [2.05, 4.69) is 44.8 Å². The Morgan fingerprint density at radius 3 is 2.11 bits per heavy atom. The highest BCUT2D eigenvalue weighted by molar-refractivity contribution is 4.93. The molecule has 2 fully saturated rings. The normalized spacial score (nSPS) is 30.6. The van der Waals surface area contributed by atoms with Gasteiger partial charge < -0.3 is 10.2 Å². The predicted octanol–water partition coefficient (Wildman–Crippen LogP) is 3.52. The van der Waals surface area contributed by atoms with Crippen molar-refractivity contribution in [2.75, 3.05) is 19.6 Å². The first-order chi connectivity index (χ1) is 8.87. The lowest BCUT2D eigenvalue weighted by Gasteiger charge is -2.48. The third-order valence-corrected chi connectivity index (χ3v) is 5.26. The molecular formula is C17H34N2. The first-order valence-corrected chi connectivity index (χ1v) is 8.36. The van der Waals surface area contributed by atoms with Crippen molar-refractivity contribution < 1.29 is 0 Å². The number of nitrogens with zero attached hydrogens (tertiary/aromatic N) is 1. The van der Waals surface area contributed by atoms with Gasteiger partial charge in [0.05, 0.1) is 0 Å². The highest BCUT2D eigenvalue weighted by atomic mass is 15.2. The number of hydrogen-bond acceptors (Lipinski definition) is 2. The minimum atomic E-state index is 0.269. The van der Waals surface area contributed by atoms with Crippen LogP contribution in [0.25, 0.3) is 0 Å². The molecule has 2 rings (SSSR count). The standard InChI is InChI=1S/C17H34N2/c1-13(2)14-8-10-19(11-9-14)16-7-6-15(16)12-18-17(3,4)5/h13-16,18H,6-12H2,1-5H3. The molecule has 1 aliphatic heterocycles. The summed E-state index contributed by atoms with van der Waals surface area (Å²) in [7, 11) is 0. The van der Waals surface area contributed by atoms with Crippen molar-refractivity contribution in [1.29, 1.82) is 0 Å². The van der Waals surface area contributed by atoms with Crippen LogP contribution in [0.2, 0.25) is 0 Å². The third kappa shape index (κ3) is 4.19. The molecule has 1 saturated carbocycles. The second-order valence-corrected chi connectivity index (χ2v) is 8.15. The van der Waals surface area contributed by atoms with E-state index in [4.69, 9.17) is 0 Å². The van der Waals surface area contributed by atoms with Gasteiger partial charge in [0.25, 0.3) is 0 Å². The zero-order valence-electron chi connectivity index (χ0n) is 13.7. The molecule has 0 amide bonds. The molecule has 2 unspecified atom stereocenters. The van der Waals surface area contributed by atoms with Gasteiger partial charge in [0.1, 0.15) is 0 Å². The van der Waals surface area contributed by atoms with Gasteiger partial charge in [-0.25, -0.2) is 0 Å². The van der Waals surface area contributed by atoms with Crippen LogP contribution in [0.3, 0.4) is 0 Å². The average Bonchev–Trinajstić information content (AvgIpc) is 2.26. The van der Waals surface area contributed by atoms with Crippen molar-refractivity contribution in [2.45, 2.75) is 71.9 Å². The minimum Gasteiger partial charge on any atom is -0.312 e. The van der Waals surface area contributed by atoms with Gasteiger partial charge in [-0.2, -0.15) is 0 Å². The maximum absolute atomic E-state index is 3.69. The van der Waals surface area contributed by atoms with Crippen molar-refractivity contribution in [3.8, 4) is 0 Å². The monoisotopic (exact) mass is 266 g/mol. The van der Waals surface area contributed by atoms with Crippen LogP contribution in [0.5, 0.6) is 0 Å². The molecule has 19 heavy (non-hydrogen) atoms. The molecule has 0 spiro atoms. The summed E-state index contributed by atoms with van der Waals surface area (Å²) in [4.78, 5) is 2.79. The minimum absolute atomic E-state index is 0.269. The first-order valence-electron chi connectivity index (χ1n) is 8.36. The molecule has 2 heteroatoms. The van der Waals surface area contributed by atoms with Crippen LogP contribution >= 0.6 is 0 Å². The van der Waals surface area contributed by atoms with Crippen molar-refractivity contribution >= 4 is 0 Å². The Kier molecular flexibility index (Phi) is 4.94. The summed E-state index contributed by atoms with van der Waals surface area (Å²) in [5.41, 5.74) is 0.269. The van der Waals surface area contributed by atoms with E-state index in [1.807, 2.05) is 0 Å². The topological polar surface area (TPSA) is 15.3 Å². The molecule has 112 valence electrons. The molecule has 2 nitrogen and oxygen atoms in total. The van der Waals surface area contributed by atoms with Crippen molar-refractivity contribution in [1.82, 2.24) is 10.2 Å². The van der Waals surface area contributed by atoms with Crippen LogP contribution in [-0.4, -0.2) is 36.1 Å². The van der Waals surface area contributed by atoms with Gasteiger partial charge in [-0.3, -0.25) is 0 Å². The molecule has 2 aliphatic rings. The molecule has 1 heterocycles. The van der Waals surface area contributed by atoms with Crippen LogP contribution in [0, 0.1) is 17.8 Å². The molecule has 1 saturated heterocycles. The number of rotatable bonds is 4. The van der Waals surface area contributed by atoms with E-state index in [0.717, 1.165) is 23.8 Å². The first kappa shape index (κ1) is 15.3. The maximum atomic E-state index is 3.69. The van der Waals surface area contributed by atoms with Crippen molar-refractivity contribution in [3.05, 3.63) is 0 Å².